The zero-order valence-corrected chi connectivity index (χ0v) is 11.2. The zero-order valence-electron chi connectivity index (χ0n) is 11.2. The Morgan fingerprint density at radius 3 is 2.55 bits per heavy atom. The number of aromatic carboxylic acids is 1. The number of ether oxygens (including phenoxy) is 1. The van der Waals surface area contributed by atoms with Gasteiger partial charge in [0.15, 0.2) is 0 Å². The van der Waals surface area contributed by atoms with Gasteiger partial charge < -0.3 is 9.84 Å². The fourth-order valence-electron chi connectivity index (χ4n) is 1.85. The molecule has 0 spiro atoms. The lowest BCUT2D eigenvalue weighted by Gasteiger charge is -2.10. The summed E-state index contributed by atoms with van der Waals surface area (Å²) < 4.78 is 5.62. The van der Waals surface area contributed by atoms with Gasteiger partial charge in [-0.1, -0.05) is 11.6 Å². The molecular formula is C16H13NO3. The number of carboxylic acids is 1. The van der Waals surface area contributed by atoms with Crippen LogP contribution in [0.1, 0.15) is 27.0 Å². The molecule has 100 valence electrons. The van der Waals surface area contributed by atoms with Gasteiger partial charge in [0, 0.05) is 0 Å². The summed E-state index contributed by atoms with van der Waals surface area (Å²) in [5.41, 5.74) is 2.33. The van der Waals surface area contributed by atoms with Crippen molar-refractivity contribution in [2.45, 2.75) is 13.8 Å². The maximum absolute atomic E-state index is 11.2. The van der Waals surface area contributed by atoms with Crippen LogP contribution in [-0.4, -0.2) is 11.1 Å². The van der Waals surface area contributed by atoms with E-state index in [9.17, 15) is 9.90 Å². The second kappa shape index (κ2) is 5.45. The molecule has 0 amide bonds. The Hall–Kier alpha value is -2.80. The van der Waals surface area contributed by atoms with E-state index in [1.54, 1.807) is 43.3 Å². The molecule has 0 aliphatic rings. The molecule has 20 heavy (non-hydrogen) atoms. The highest BCUT2D eigenvalue weighted by Crippen LogP contribution is 2.27. The molecule has 2 rings (SSSR count). The van der Waals surface area contributed by atoms with Crippen LogP contribution in [0.15, 0.2) is 36.4 Å². The Morgan fingerprint density at radius 1 is 1.20 bits per heavy atom. The van der Waals surface area contributed by atoms with Gasteiger partial charge in [-0.2, -0.15) is 5.26 Å². The van der Waals surface area contributed by atoms with Gasteiger partial charge in [-0.15, -0.1) is 0 Å². The average molecular weight is 267 g/mol. The van der Waals surface area contributed by atoms with Gasteiger partial charge in [-0.25, -0.2) is 4.79 Å². The topological polar surface area (TPSA) is 70.3 Å². The monoisotopic (exact) mass is 267 g/mol. The third kappa shape index (κ3) is 2.78. The van der Waals surface area contributed by atoms with Crippen LogP contribution in [0.4, 0.5) is 0 Å². The van der Waals surface area contributed by atoms with Crippen molar-refractivity contribution in [3.8, 4) is 17.6 Å². The fraction of sp³-hybridized carbons (Fsp3) is 0.125. The first-order valence-electron chi connectivity index (χ1n) is 6.04. The number of nitrogens with zero attached hydrogens (tertiary/aromatic N) is 1. The predicted octanol–water partition coefficient (Wildman–Crippen LogP) is 3.67. The molecule has 0 bridgehead atoms. The number of carbonyl (C=O) groups is 1. The Balaban J connectivity index is 2.38. The third-order valence-corrected chi connectivity index (χ3v) is 2.91. The first-order chi connectivity index (χ1) is 9.51. The minimum atomic E-state index is -1.03. The van der Waals surface area contributed by atoms with E-state index in [2.05, 4.69) is 6.07 Å². The van der Waals surface area contributed by atoms with E-state index >= 15 is 0 Å². The molecule has 4 heteroatoms. The summed E-state index contributed by atoms with van der Waals surface area (Å²) in [7, 11) is 0. The summed E-state index contributed by atoms with van der Waals surface area (Å²) in [5.74, 6) is -0.242. The van der Waals surface area contributed by atoms with Crippen LogP contribution >= 0.6 is 0 Å². The summed E-state index contributed by atoms with van der Waals surface area (Å²) in [6.45, 7) is 3.63. The molecule has 0 unspecified atom stereocenters. The minimum Gasteiger partial charge on any atom is -0.478 e. The van der Waals surface area contributed by atoms with Crippen molar-refractivity contribution in [1.29, 1.82) is 5.26 Å². The number of carboxylic acid groups (broad SMARTS) is 1. The van der Waals surface area contributed by atoms with Crippen molar-refractivity contribution in [2.24, 2.45) is 0 Å². The summed E-state index contributed by atoms with van der Waals surface area (Å²) in [5, 5.41) is 18.1. The molecule has 0 radical (unpaired) electrons. The summed E-state index contributed by atoms with van der Waals surface area (Å²) in [6, 6.07) is 12.1. The molecule has 0 heterocycles. The SMILES string of the molecule is Cc1ccc(Oc2ccc(C#N)c(C)c2)c(C(=O)O)c1. The van der Waals surface area contributed by atoms with E-state index in [0.29, 0.717) is 11.3 Å². The first kappa shape index (κ1) is 13.6. The lowest BCUT2D eigenvalue weighted by atomic mass is 10.1. The highest BCUT2D eigenvalue weighted by atomic mass is 16.5. The Bertz CT molecular complexity index is 714. The molecule has 4 nitrogen and oxygen atoms in total. The number of hydrogen-bond donors (Lipinski definition) is 1. The molecule has 0 saturated carbocycles. The van der Waals surface area contributed by atoms with E-state index in [1.807, 2.05) is 6.92 Å². The van der Waals surface area contributed by atoms with Gasteiger partial charge in [0.25, 0.3) is 0 Å². The normalized spacial score (nSPS) is 9.85. The Morgan fingerprint density at radius 2 is 1.95 bits per heavy atom. The summed E-state index contributed by atoms with van der Waals surface area (Å²) in [4.78, 5) is 11.2. The number of aryl methyl sites for hydroxylation is 2. The standard InChI is InChI=1S/C16H13NO3/c1-10-3-6-15(14(7-10)16(18)19)20-13-5-4-12(9-17)11(2)8-13/h3-8H,1-2H3,(H,18,19). The van der Waals surface area contributed by atoms with Gasteiger partial charge in [0.2, 0.25) is 0 Å². The lowest BCUT2D eigenvalue weighted by molar-refractivity contribution is 0.0694. The fourth-order valence-corrected chi connectivity index (χ4v) is 1.85. The van der Waals surface area contributed by atoms with Crippen molar-refractivity contribution in [2.75, 3.05) is 0 Å². The van der Waals surface area contributed by atoms with Crippen LogP contribution in [0.2, 0.25) is 0 Å². The van der Waals surface area contributed by atoms with Crippen molar-refractivity contribution < 1.29 is 14.6 Å². The third-order valence-electron chi connectivity index (χ3n) is 2.91. The second-order valence-corrected chi connectivity index (χ2v) is 4.50. The molecule has 2 aromatic rings. The first-order valence-corrected chi connectivity index (χ1v) is 6.04. The van der Waals surface area contributed by atoms with Crippen LogP contribution in [0.3, 0.4) is 0 Å². The smallest absolute Gasteiger partial charge is 0.339 e. The van der Waals surface area contributed by atoms with Crippen LogP contribution in [-0.2, 0) is 0 Å². The lowest BCUT2D eigenvalue weighted by Crippen LogP contribution is -2.00. The van der Waals surface area contributed by atoms with E-state index in [-0.39, 0.29) is 11.3 Å². The molecular weight excluding hydrogens is 254 g/mol. The average Bonchev–Trinajstić information content (AvgIpc) is 2.41. The molecule has 0 aliphatic heterocycles. The van der Waals surface area contributed by atoms with Crippen molar-refractivity contribution >= 4 is 5.97 Å². The molecule has 0 aromatic heterocycles. The van der Waals surface area contributed by atoms with E-state index < -0.39 is 5.97 Å². The van der Waals surface area contributed by atoms with Crippen molar-refractivity contribution in [3.63, 3.8) is 0 Å². The number of nitriles is 1. The van der Waals surface area contributed by atoms with E-state index in [4.69, 9.17) is 10.00 Å². The van der Waals surface area contributed by atoms with Crippen LogP contribution in [0, 0.1) is 25.2 Å². The molecule has 0 atom stereocenters. The van der Waals surface area contributed by atoms with Gasteiger partial charge in [0.05, 0.1) is 11.6 Å². The number of rotatable bonds is 3. The van der Waals surface area contributed by atoms with Gasteiger partial charge in [-0.05, 0) is 49.7 Å². The molecule has 1 N–H and O–H groups in total. The molecule has 2 aromatic carbocycles. The van der Waals surface area contributed by atoms with Crippen LogP contribution in [0.25, 0.3) is 0 Å². The van der Waals surface area contributed by atoms with E-state index in [0.717, 1.165) is 11.1 Å². The predicted molar refractivity (Wildman–Crippen MR) is 74.1 cm³/mol. The van der Waals surface area contributed by atoms with Crippen molar-refractivity contribution in [3.05, 3.63) is 58.7 Å². The van der Waals surface area contributed by atoms with E-state index in [1.165, 1.54) is 0 Å². The van der Waals surface area contributed by atoms with Crippen LogP contribution < -0.4 is 4.74 Å². The molecule has 0 aliphatic carbocycles. The highest BCUT2D eigenvalue weighted by molar-refractivity contribution is 5.91. The Labute approximate surface area is 116 Å². The van der Waals surface area contributed by atoms with Gasteiger partial charge in [-0.3, -0.25) is 0 Å². The van der Waals surface area contributed by atoms with Crippen molar-refractivity contribution in [1.82, 2.24) is 0 Å². The minimum absolute atomic E-state index is 0.118. The highest BCUT2D eigenvalue weighted by Gasteiger charge is 2.12. The maximum Gasteiger partial charge on any atom is 0.339 e. The molecule has 0 saturated heterocycles. The van der Waals surface area contributed by atoms with Crippen LogP contribution in [0.5, 0.6) is 11.5 Å². The maximum atomic E-state index is 11.2. The van der Waals surface area contributed by atoms with Gasteiger partial charge in [0.1, 0.15) is 17.1 Å². The summed E-state index contributed by atoms with van der Waals surface area (Å²) in [6.07, 6.45) is 0. The zero-order chi connectivity index (χ0) is 14.7. The number of hydrogen-bond acceptors (Lipinski definition) is 3. The van der Waals surface area contributed by atoms with Gasteiger partial charge >= 0.3 is 5.97 Å². The second-order valence-electron chi connectivity index (χ2n) is 4.50. The quantitative estimate of drug-likeness (QED) is 0.921. The Kier molecular flexibility index (Phi) is 3.72. The summed E-state index contributed by atoms with van der Waals surface area (Å²) >= 11 is 0. The largest absolute Gasteiger partial charge is 0.478 e. The molecule has 0 fully saturated rings. The number of benzene rings is 2.